The molecule has 1 aromatic carbocycles. The highest BCUT2D eigenvalue weighted by molar-refractivity contribution is 5.79. The lowest BCUT2D eigenvalue weighted by Gasteiger charge is -2.16. The first kappa shape index (κ1) is 15.1. The van der Waals surface area contributed by atoms with Gasteiger partial charge in [0.2, 0.25) is 0 Å². The van der Waals surface area contributed by atoms with Crippen molar-refractivity contribution in [1.29, 1.82) is 0 Å². The number of carbonyl (C=O) groups excluding carboxylic acids is 1. The van der Waals surface area contributed by atoms with Crippen LogP contribution in [0.25, 0.3) is 0 Å². The van der Waals surface area contributed by atoms with Gasteiger partial charge in [0, 0.05) is 0 Å². The molecule has 1 atom stereocenters. The molecule has 0 radical (unpaired) electrons. The Bertz CT molecular complexity index is 428. The molecule has 0 saturated heterocycles. The van der Waals surface area contributed by atoms with Gasteiger partial charge in [0.05, 0.1) is 6.61 Å². The van der Waals surface area contributed by atoms with Crippen molar-refractivity contribution in [3.63, 3.8) is 0 Å². The highest BCUT2D eigenvalue weighted by atomic mass is 16.5. The van der Waals surface area contributed by atoms with E-state index < -0.39 is 12.0 Å². The first-order valence-electron chi connectivity index (χ1n) is 6.07. The Balaban J connectivity index is 2.52. The van der Waals surface area contributed by atoms with Crippen LogP contribution in [0.4, 0.5) is 0 Å². The fraction of sp³-hybridized carbons (Fsp3) is 0.267. The Hall–Kier alpha value is -1.91. The third kappa shape index (κ3) is 5.50. The lowest BCUT2D eigenvalue weighted by atomic mass is 10.1. The Kier molecular flexibility index (Phi) is 6.57. The van der Waals surface area contributed by atoms with Crippen LogP contribution in [0.2, 0.25) is 0 Å². The number of amides is 1. The molecule has 2 N–H and O–H groups in total. The zero-order chi connectivity index (χ0) is 14.1. The summed E-state index contributed by atoms with van der Waals surface area (Å²) in [6.45, 7) is 7.71. The average Bonchev–Trinajstić information content (AvgIpc) is 2.47. The number of allylic oxidation sites excluding steroid dienone is 2. The molecule has 0 heterocycles. The fourth-order valence-corrected chi connectivity index (χ4v) is 1.55. The first-order valence-corrected chi connectivity index (χ1v) is 6.07. The maximum Gasteiger partial charge on any atom is 0.272 e. The molecule has 0 fully saturated rings. The molecule has 0 bridgehead atoms. The summed E-state index contributed by atoms with van der Waals surface area (Å²) >= 11 is 0. The van der Waals surface area contributed by atoms with Crippen LogP contribution in [-0.2, 0) is 16.1 Å². The number of ether oxygens (including phenoxy) is 1. The van der Waals surface area contributed by atoms with E-state index in [1.165, 1.54) is 0 Å². The quantitative estimate of drug-likeness (QED) is 0.429. The molecule has 1 unspecified atom stereocenters. The maximum atomic E-state index is 11.5. The zero-order valence-corrected chi connectivity index (χ0v) is 10.8. The number of rotatable bonds is 8. The predicted molar refractivity (Wildman–Crippen MR) is 73.5 cm³/mol. The van der Waals surface area contributed by atoms with E-state index >= 15 is 0 Å². The van der Waals surface area contributed by atoms with Gasteiger partial charge in [0.25, 0.3) is 5.91 Å². The molecule has 1 amide bonds. The molecular weight excluding hydrogens is 242 g/mol. The minimum atomic E-state index is -0.707. The summed E-state index contributed by atoms with van der Waals surface area (Å²) in [6, 6.07) is 9.54. The second-order valence-corrected chi connectivity index (χ2v) is 4.16. The van der Waals surface area contributed by atoms with E-state index in [4.69, 9.17) is 9.94 Å². The Morgan fingerprint density at radius 1 is 1.42 bits per heavy atom. The molecule has 102 valence electrons. The zero-order valence-electron chi connectivity index (χ0n) is 10.8. The fourth-order valence-electron chi connectivity index (χ4n) is 1.55. The van der Waals surface area contributed by atoms with Crippen LogP contribution < -0.4 is 5.48 Å². The van der Waals surface area contributed by atoms with Gasteiger partial charge in [-0.3, -0.25) is 10.0 Å². The molecule has 0 spiro atoms. The Labute approximate surface area is 113 Å². The third-order valence-electron chi connectivity index (χ3n) is 2.71. The van der Waals surface area contributed by atoms with Gasteiger partial charge < -0.3 is 4.74 Å². The van der Waals surface area contributed by atoms with Crippen molar-refractivity contribution in [3.8, 4) is 0 Å². The summed E-state index contributed by atoms with van der Waals surface area (Å²) in [6.07, 6.45) is 1.98. The van der Waals surface area contributed by atoms with E-state index in [1.807, 2.05) is 30.3 Å². The van der Waals surface area contributed by atoms with Crippen LogP contribution in [0.3, 0.4) is 0 Å². The van der Waals surface area contributed by atoms with Crippen molar-refractivity contribution in [3.05, 3.63) is 60.7 Å². The van der Waals surface area contributed by atoms with Crippen molar-refractivity contribution in [2.75, 3.05) is 0 Å². The Morgan fingerprint density at radius 3 is 2.68 bits per heavy atom. The van der Waals surface area contributed by atoms with Crippen LogP contribution in [-0.4, -0.2) is 17.2 Å². The van der Waals surface area contributed by atoms with Crippen LogP contribution in [0.1, 0.15) is 18.4 Å². The van der Waals surface area contributed by atoms with Crippen LogP contribution in [0, 0.1) is 0 Å². The average molecular weight is 261 g/mol. The summed E-state index contributed by atoms with van der Waals surface area (Å²) in [7, 11) is 0. The van der Waals surface area contributed by atoms with E-state index in [2.05, 4.69) is 13.2 Å². The highest BCUT2D eigenvalue weighted by Gasteiger charge is 2.18. The van der Waals surface area contributed by atoms with Gasteiger partial charge in [-0.25, -0.2) is 5.48 Å². The maximum absolute atomic E-state index is 11.5. The third-order valence-corrected chi connectivity index (χ3v) is 2.71. The monoisotopic (exact) mass is 261 g/mol. The number of hydrogen-bond acceptors (Lipinski definition) is 3. The van der Waals surface area contributed by atoms with E-state index in [-0.39, 0.29) is 0 Å². The largest absolute Gasteiger partial charge is 0.364 e. The molecule has 0 aliphatic carbocycles. The summed E-state index contributed by atoms with van der Waals surface area (Å²) in [5.41, 5.74) is 3.43. The molecule has 1 rings (SSSR count). The lowest BCUT2D eigenvalue weighted by Crippen LogP contribution is -2.34. The van der Waals surface area contributed by atoms with E-state index in [0.29, 0.717) is 19.4 Å². The molecule has 0 aliphatic heterocycles. The van der Waals surface area contributed by atoms with Crippen molar-refractivity contribution < 1.29 is 14.7 Å². The minimum Gasteiger partial charge on any atom is -0.364 e. The molecule has 19 heavy (non-hydrogen) atoms. The Morgan fingerprint density at radius 2 is 2.11 bits per heavy atom. The number of hydrogen-bond donors (Lipinski definition) is 2. The predicted octanol–water partition coefficient (Wildman–Crippen LogP) is 2.60. The van der Waals surface area contributed by atoms with Crippen molar-refractivity contribution >= 4 is 5.91 Å². The number of carbonyl (C=O) groups is 1. The molecule has 0 aromatic heterocycles. The van der Waals surface area contributed by atoms with Gasteiger partial charge >= 0.3 is 0 Å². The SMILES string of the molecule is C=CC(=C)CCC(OCc1ccccc1)C(=O)NO. The van der Waals surface area contributed by atoms with E-state index in [9.17, 15) is 4.79 Å². The van der Waals surface area contributed by atoms with Crippen LogP contribution >= 0.6 is 0 Å². The van der Waals surface area contributed by atoms with Gasteiger partial charge in [-0.2, -0.15) is 0 Å². The van der Waals surface area contributed by atoms with Gasteiger partial charge in [-0.1, -0.05) is 55.1 Å². The highest BCUT2D eigenvalue weighted by Crippen LogP contribution is 2.12. The summed E-state index contributed by atoms with van der Waals surface area (Å²) in [5, 5.41) is 8.70. The molecular formula is C15H19NO3. The normalized spacial score (nSPS) is 11.6. The van der Waals surface area contributed by atoms with Crippen molar-refractivity contribution in [2.45, 2.75) is 25.6 Å². The first-order chi connectivity index (χ1) is 9.17. The van der Waals surface area contributed by atoms with Crippen molar-refractivity contribution in [1.82, 2.24) is 5.48 Å². The molecule has 4 heteroatoms. The van der Waals surface area contributed by atoms with Gasteiger partial charge in [-0.05, 0) is 18.4 Å². The van der Waals surface area contributed by atoms with Gasteiger partial charge in [-0.15, -0.1) is 0 Å². The number of nitrogens with one attached hydrogen (secondary N) is 1. The second kappa shape index (κ2) is 8.24. The van der Waals surface area contributed by atoms with Gasteiger partial charge in [0.15, 0.2) is 0 Å². The van der Waals surface area contributed by atoms with Gasteiger partial charge in [0.1, 0.15) is 6.10 Å². The van der Waals surface area contributed by atoms with Crippen LogP contribution in [0.15, 0.2) is 55.1 Å². The lowest BCUT2D eigenvalue weighted by molar-refractivity contribution is -0.142. The standard InChI is InChI=1S/C15H19NO3/c1-3-12(2)9-10-14(15(17)16-18)19-11-13-7-5-4-6-8-13/h3-8,14,18H,1-2,9-11H2,(H,16,17). The van der Waals surface area contributed by atoms with Crippen molar-refractivity contribution in [2.24, 2.45) is 0 Å². The summed E-state index contributed by atoms with van der Waals surface area (Å²) in [4.78, 5) is 11.5. The molecule has 0 saturated carbocycles. The smallest absolute Gasteiger partial charge is 0.272 e. The number of hydroxylamine groups is 1. The molecule has 0 aliphatic rings. The summed E-state index contributed by atoms with van der Waals surface area (Å²) in [5.74, 6) is -0.548. The topological polar surface area (TPSA) is 58.6 Å². The minimum absolute atomic E-state index is 0.319. The van der Waals surface area contributed by atoms with Crippen LogP contribution in [0.5, 0.6) is 0 Å². The molecule has 4 nitrogen and oxygen atoms in total. The molecule has 1 aromatic rings. The second-order valence-electron chi connectivity index (χ2n) is 4.16. The van der Waals surface area contributed by atoms with E-state index in [1.54, 1.807) is 11.6 Å². The summed E-state index contributed by atoms with van der Waals surface area (Å²) < 4.78 is 5.53. The number of benzene rings is 1. The van der Waals surface area contributed by atoms with E-state index in [0.717, 1.165) is 11.1 Å².